The summed E-state index contributed by atoms with van der Waals surface area (Å²) in [5.41, 5.74) is 9.40. The highest BCUT2D eigenvalue weighted by molar-refractivity contribution is 7.86. The fourth-order valence-corrected chi connectivity index (χ4v) is 3.59. The molecule has 164 valence electrons. The summed E-state index contributed by atoms with van der Waals surface area (Å²) in [6.07, 6.45) is 1.99. The summed E-state index contributed by atoms with van der Waals surface area (Å²) in [5, 5.41) is 2.84. The number of rotatable bonds is 7. The van der Waals surface area contributed by atoms with Crippen molar-refractivity contribution in [2.24, 2.45) is 0 Å². The molecule has 0 spiro atoms. The van der Waals surface area contributed by atoms with Gasteiger partial charge in [-0.1, -0.05) is 36.4 Å². The van der Waals surface area contributed by atoms with E-state index in [4.69, 9.17) is 5.73 Å². The predicted molar refractivity (Wildman–Crippen MR) is 116 cm³/mol. The van der Waals surface area contributed by atoms with Crippen LogP contribution in [0.4, 0.5) is 9.70 Å². The number of nitrogens with zero attached hydrogens (tertiary/aromatic N) is 3. The van der Waals surface area contributed by atoms with Crippen LogP contribution in [0.5, 0.6) is 0 Å². The van der Waals surface area contributed by atoms with Gasteiger partial charge >= 0.3 is 10.2 Å². The SMILES string of the molecule is Nc1ncnc2nc(-c3ccc(CNC(=O)CCc4ccc(S(=O)(=O)F)cc4)cc3)[nH]c12. The number of carbonyl (C=O) groups is 1. The molecular weight excluding hydrogens is 435 g/mol. The Hall–Kier alpha value is -3.86. The molecule has 11 heteroatoms. The van der Waals surface area contributed by atoms with Crippen molar-refractivity contribution in [1.29, 1.82) is 0 Å². The van der Waals surface area contributed by atoms with Crippen LogP contribution in [0.1, 0.15) is 17.5 Å². The summed E-state index contributed by atoms with van der Waals surface area (Å²) in [5.74, 6) is 0.799. The van der Waals surface area contributed by atoms with Crippen LogP contribution in [0.25, 0.3) is 22.6 Å². The van der Waals surface area contributed by atoms with E-state index in [0.717, 1.165) is 16.7 Å². The first-order valence-corrected chi connectivity index (χ1v) is 11.0. The van der Waals surface area contributed by atoms with Gasteiger partial charge in [-0.3, -0.25) is 4.79 Å². The fourth-order valence-electron chi connectivity index (χ4n) is 3.13. The van der Waals surface area contributed by atoms with Crippen LogP contribution in [-0.4, -0.2) is 34.3 Å². The Balaban J connectivity index is 1.31. The Morgan fingerprint density at radius 2 is 1.72 bits per heavy atom. The molecule has 4 N–H and O–H groups in total. The summed E-state index contributed by atoms with van der Waals surface area (Å²) < 4.78 is 34.6. The third-order valence-corrected chi connectivity index (χ3v) is 5.72. The van der Waals surface area contributed by atoms with E-state index < -0.39 is 15.1 Å². The smallest absolute Gasteiger partial charge is 0.332 e. The summed E-state index contributed by atoms with van der Waals surface area (Å²) in [6, 6.07) is 12.9. The molecule has 0 saturated heterocycles. The maximum atomic E-state index is 12.9. The number of imidazole rings is 1. The van der Waals surface area contributed by atoms with Crippen molar-refractivity contribution in [2.75, 3.05) is 5.73 Å². The average molecular weight is 454 g/mol. The molecule has 1 amide bonds. The normalized spacial score (nSPS) is 11.5. The molecule has 0 aliphatic heterocycles. The Bertz CT molecular complexity index is 1370. The zero-order valence-corrected chi connectivity index (χ0v) is 17.6. The molecule has 4 aromatic rings. The molecular formula is C21H19FN6O3S. The molecule has 0 atom stereocenters. The number of anilines is 1. The first kappa shape index (κ1) is 21.4. The molecule has 0 unspecified atom stereocenters. The van der Waals surface area contributed by atoms with Crippen molar-refractivity contribution in [1.82, 2.24) is 25.3 Å². The Morgan fingerprint density at radius 1 is 1.03 bits per heavy atom. The second-order valence-corrected chi connectivity index (χ2v) is 8.45. The first-order valence-electron chi connectivity index (χ1n) is 9.65. The van der Waals surface area contributed by atoms with E-state index in [2.05, 4.69) is 25.3 Å². The highest BCUT2D eigenvalue weighted by Crippen LogP contribution is 2.22. The van der Waals surface area contributed by atoms with Gasteiger partial charge in [-0.05, 0) is 29.7 Å². The van der Waals surface area contributed by atoms with Crippen molar-refractivity contribution in [3.63, 3.8) is 0 Å². The molecule has 0 bridgehead atoms. The number of aryl methyl sites for hydroxylation is 1. The average Bonchev–Trinajstić information content (AvgIpc) is 3.22. The number of nitrogens with one attached hydrogen (secondary N) is 2. The monoisotopic (exact) mass is 454 g/mol. The maximum Gasteiger partial charge on any atom is 0.332 e. The lowest BCUT2D eigenvalue weighted by Gasteiger charge is -2.07. The van der Waals surface area contributed by atoms with Gasteiger partial charge in [0.05, 0.1) is 4.90 Å². The van der Waals surface area contributed by atoms with Gasteiger partial charge in [-0.15, -0.1) is 3.89 Å². The number of fused-ring (bicyclic) bond motifs is 1. The highest BCUT2D eigenvalue weighted by atomic mass is 32.3. The topological polar surface area (TPSA) is 144 Å². The van der Waals surface area contributed by atoms with Crippen LogP contribution < -0.4 is 11.1 Å². The van der Waals surface area contributed by atoms with Crippen LogP contribution in [0.3, 0.4) is 0 Å². The number of nitrogens with two attached hydrogens (primary N) is 1. The molecule has 2 aromatic carbocycles. The number of hydrogen-bond acceptors (Lipinski definition) is 7. The largest absolute Gasteiger partial charge is 0.382 e. The van der Waals surface area contributed by atoms with Crippen LogP contribution >= 0.6 is 0 Å². The van der Waals surface area contributed by atoms with Gasteiger partial charge in [0.15, 0.2) is 11.5 Å². The van der Waals surface area contributed by atoms with Gasteiger partial charge in [-0.2, -0.15) is 8.42 Å². The number of benzene rings is 2. The Labute approximate surface area is 183 Å². The van der Waals surface area contributed by atoms with Gasteiger partial charge < -0.3 is 16.0 Å². The van der Waals surface area contributed by atoms with E-state index in [9.17, 15) is 17.1 Å². The first-order chi connectivity index (χ1) is 15.3. The number of hydrogen-bond donors (Lipinski definition) is 3. The molecule has 32 heavy (non-hydrogen) atoms. The van der Waals surface area contributed by atoms with E-state index in [-0.39, 0.29) is 12.3 Å². The lowest BCUT2D eigenvalue weighted by Crippen LogP contribution is -2.22. The number of halogens is 1. The number of nitrogen functional groups attached to an aromatic ring is 1. The van der Waals surface area contributed by atoms with Crippen LogP contribution in [0, 0.1) is 0 Å². The third-order valence-electron chi connectivity index (χ3n) is 4.88. The van der Waals surface area contributed by atoms with E-state index in [1.165, 1.54) is 30.6 Å². The van der Waals surface area contributed by atoms with Gasteiger partial charge in [-0.25, -0.2) is 15.0 Å². The van der Waals surface area contributed by atoms with Gasteiger partial charge in [0.25, 0.3) is 0 Å². The molecule has 0 saturated carbocycles. The van der Waals surface area contributed by atoms with Crippen molar-refractivity contribution in [2.45, 2.75) is 24.3 Å². The Kier molecular flexibility index (Phi) is 5.82. The number of carbonyl (C=O) groups excluding carboxylic acids is 1. The van der Waals surface area contributed by atoms with Gasteiger partial charge in [0.1, 0.15) is 17.7 Å². The minimum atomic E-state index is -4.72. The lowest BCUT2D eigenvalue weighted by molar-refractivity contribution is -0.121. The van der Waals surface area contributed by atoms with E-state index in [1.807, 2.05) is 24.3 Å². The molecule has 4 rings (SSSR count). The van der Waals surface area contributed by atoms with E-state index >= 15 is 0 Å². The van der Waals surface area contributed by atoms with Crippen LogP contribution in [-0.2, 0) is 28.0 Å². The molecule has 2 aromatic heterocycles. The van der Waals surface area contributed by atoms with Crippen molar-refractivity contribution in [3.05, 3.63) is 66.0 Å². The number of amides is 1. The summed E-state index contributed by atoms with van der Waals surface area (Å²) >= 11 is 0. The molecule has 2 heterocycles. The summed E-state index contributed by atoms with van der Waals surface area (Å²) in [4.78, 5) is 27.3. The van der Waals surface area contributed by atoms with Crippen LogP contribution in [0.2, 0.25) is 0 Å². The third kappa shape index (κ3) is 4.89. The number of H-pyrrole nitrogens is 1. The Morgan fingerprint density at radius 3 is 2.38 bits per heavy atom. The minimum Gasteiger partial charge on any atom is -0.382 e. The summed E-state index contributed by atoms with van der Waals surface area (Å²) in [6.45, 7) is 0.358. The van der Waals surface area contributed by atoms with Crippen LogP contribution in [0.15, 0.2) is 59.8 Å². The molecule has 9 nitrogen and oxygen atoms in total. The van der Waals surface area contributed by atoms with Crippen molar-refractivity contribution in [3.8, 4) is 11.4 Å². The minimum absolute atomic E-state index is 0.150. The molecule has 0 radical (unpaired) electrons. The van der Waals surface area contributed by atoms with E-state index in [0.29, 0.717) is 35.8 Å². The molecule has 0 fully saturated rings. The quantitative estimate of drug-likeness (QED) is 0.364. The fraction of sp³-hybridized carbons (Fsp3) is 0.143. The molecule has 0 aliphatic rings. The summed E-state index contributed by atoms with van der Waals surface area (Å²) in [7, 11) is -4.72. The second-order valence-electron chi connectivity index (χ2n) is 7.10. The lowest BCUT2D eigenvalue weighted by atomic mass is 10.1. The number of aromatic nitrogens is 4. The van der Waals surface area contributed by atoms with Crippen molar-refractivity contribution >= 4 is 33.1 Å². The highest BCUT2D eigenvalue weighted by Gasteiger charge is 2.12. The number of aromatic amines is 1. The standard InChI is InChI=1S/C21H19FN6O3S/c22-32(30,31)16-8-3-13(4-9-16)5-10-17(29)24-11-14-1-6-15(7-2-14)20-27-18-19(23)25-12-26-21(18)28-20/h1-4,6-9,12H,5,10-11H2,(H,24,29)(H3,23,25,26,27,28). The molecule has 0 aliphatic carbocycles. The zero-order chi connectivity index (χ0) is 22.7. The second kappa shape index (κ2) is 8.71. The zero-order valence-electron chi connectivity index (χ0n) is 16.7. The van der Waals surface area contributed by atoms with Gasteiger partial charge in [0.2, 0.25) is 5.91 Å². The van der Waals surface area contributed by atoms with Crippen molar-refractivity contribution < 1.29 is 17.1 Å². The van der Waals surface area contributed by atoms with Gasteiger partial charge in [0, 0.05) is 18.5 Å². The predicted octanol–water partition coefficient (Wildman–Crippen LogP) is 2.51. The maximum absolute atomic E-state index is 12.9. The van der Waals surface area contributed by atoms with E-state index in [1.54, 1.807) is 0 Å².